The summed E-state index contributed by atoms with van der Waals surface area (Å²) >= 11 is 0. The van der Waals surface area contributed by atoms with E-state index < -0.39 is 22.1 Å². The Hall–Kier alpha value is -2.25. The smallest absolute Gasteiger partial charge is 0.346 e. The van der Waals surface area contributed by atoms with Crippen molar-refractivity contribution in [1.82, 2.24) is 0 Å². The van der Waals surface area contributed by atoms with E-state index in [1.54, 1.807) is 6.07 Å². The second-order valence-electron chi connectivity index (χ2n) is 5.88. The summed E-state index contributed by atoms with van der Waals surface area (Å²) in [7, 11) is -4.48. The van der Waals surface area contributed by atoms with Gasteiger partial charge < -0.3 is 4.74 Å². The Morgan fingerprint density at radius 3 is 2.39 bits per heavy atom. The third-order valence-electron chi connectivity index (χ3n) is 3.74. The van der Waals surface area contributed by atoms with Crippen molar-refractivity contribution in [2.45, 2.75) is 25.2 Å². The number of hydrogen-bond acceptors (Lipinski definition) is 5. The van der Waals surface area contributed by atoms with Gasteiger partial charge in [0.1, 0.15) is 4.90 Å². The van der Waals surface area contributed by atoms with Crippen LogP contribution < -0.4 is 0 Å². The Kier molecular flexibility index (Phi) is 3.50. The molecular formula is C16H14O6S. The zero-order valence-electron chi connectivity index (χ0n) is 12.5. The Morgan fingerprint density at radius 2 is 1.78 bits per heavy atom. The van der Waals surface area contributed by atoms with Gasteiger partial charge in [0.2, 0.25) is 0 Å². The molecule has 0 unspecified atom stereocenters. The highest BCUT2D eigenvalue weighted by molar-refractivity contribution is 7.86. The summed E-state index contributed by atoms with van der Waals surface area (Å²) in [5, 5.41) is 0.358. The average Bonchev–Trinajstić information content (AvgIpc) is 2.42. The van der Waals surface area contributed by atoms with Crippen LogP contribution in [0.25, 0.3) is 10.8 Å². The van der Waals surface area contributed by atoms with Gasteiger partial charge in [-0.3, -0.25) is 4.55 Å². The van der Waals surface area contributed by atoms with Gasteiger partial charge >= 0.3 is 11.9 Å². The molecule has 1 N–H and O–H groups in total. The number of rotatable bonds is 3. The molecule has 0 radical (unpaired) electrons. The van der Waals surface area contributed by atoms with Crippen LogP contribution in [0.1, 0.15) is 40.1 Å². The van der Waals surface area contributed by atoms with Gasteiger partial charge in [0.15, 0.2) is 0 Å². The van der Waals surface area contributed by atoms with Crippen molar-refractivity contribution in [3.63, 3.8) is 0 Å². The number of carbonyl (C=O) groups excluding carboxylic acids is 2. The fourth-order valence-corrected chi connectivity index (χ4v) is 3.58. The maximum absolute atomic E-state index is 12.2. The molecule has 2 aromatic rings. The Labute approximate surface area is 132 Å². The number of carbonyl (C=O) groups is 2. The molecule has 1 heterocycles. The molecule has 1 aliphatic rings. The van der Waals surface area contributed by atoms with Crippen molar-refractivity contribution in [1.29, 1.82) is 0 Å². The van der Waals surface area contributed by atoms with Gasteiger partial charge in [-0.2, -0.15) is 8.42 Å². The lowest BCUT2D eigenvalue weighted by atomic mass is 9.90. The highest BCUT2D eigenvalue weighted by Gasteiger charge is 2.32. The van der Waals surface area contributed by atoms with Gasteiger partial charge in [-0.05, 0) is 30.0 Å². The molecule has 0 atom stereocenters. The van der Waals surface area contributed by atoms with Crippen molar-refractivity contribution < 1.29 is 27.3 Å². The average molecular weight is 334 g/mol. The highest BCUT2D eigenvalue weighted by Crippen LogP contribution is 2.35. The predicted octanol–water partition coefficient (Wildman–Crippen LogP) is 2.60. The minimum Gasteiger partial charge on any atom is -0.386 e. The highest BCUT2D eigenvalue weighted by atomic mass is 32.2. The standard InChI is InChI=1S/C16H14O6S/c1-8(2)7-9-3-4-10-12(23(19,20)21)6-5-11-14(10)13(9)16(18)22-15(11)17/h3-6,8H,7H2,1-2H3,(H,19,20,21). The first-order valence-corrected chi connectivity index (χ1v) is 8.46. The summed E-state index contributed by atoms with van der Waals surface area (Å²) in [6.07, 6.45) is 0.574. The molecule has 0 bridgehead atoms. The van der Waals surface area contributed by atoms with Gasteiger partial charge in [-0.25, -0.2) is 9.59 Å². The Bertz CT molecular complexity index is 956. The van der Waals surface area contributed by atoms with Crippen LogP contribution in [0.2, 0.25) is 0 Å². The molecule has 0 aliphatic carbocycles. The molecule has 3 rings (SSSR count). The van der Waals surface area contributed by atoms with Crippen LogP contribution in [0.4, 0.5) is 0 Å². The minimum atomic E-state index is -4.48. The largest absolute Gasteiger partial charge is 0.386 e. The number of cyclic esters (lactones) is 2. The molecule has 7 heteroatoms. The third kappa shape index (κ3) is 2.51. The molecule has 0 saturated carbocycles. The molecule has 0 saturated heterocycles. The summed E-state index contributed by atoms with van der Waals surface area (Å²) in [5.74, 6) is -1.37. The van der Waals surface area contributed by atoms with Gasteiger partial charge in [0.05, 0.1) is 11.1 Å². The lowest BCUT2D eigenvalue weighted by molar-refractivity contribution is 0.0390. The van der Waals surface area contributed by atoms with Crippen LogP contribution in [0.15, 0.2) is 29.2 Å². The van der Waals surface area contributed by atoms with Crippen molar-refractivity contribution >= 4 is 32.8 Å². The van der Waals surface area contributed by atoms with E-state index in [2.05, 4.69) is 0 Å². The quantitative estimate of drug-likeness (QED) is 0.526. The summed E-state index contributed by atoms with van der Waals surface area (Å²) in [6, 6.07) is 5.53. The summed E-state index contributed by atoms with van der Waals surface area (Å²) < 4.78 is 37.2. The molecule has 1 aliphatic heterocycles. The minimum absolute atomic E-state index is 0.118. The predicted molar refractivity (Wildman–Crippen MR) is 82.1 cm³/mol. The van der Waals surface area contributed by atoms with Crippen LogP contribution >= 0.6 is 0 Å². The lowest BCUT2D eigenvalue weighted by Gasteiger charge is -2.20. The summed E-state index contributed by atoms with van der Waals surface area (Å²) in [6.45, 7) is 3.96. The first-order valence-electron chi connectivity index (χ1n) is 7.02. The van der Waals surface area contributed by atoms with Crippen LogP contribution in [-0.2, 0) is 21.3 Å². The summed E-state index contributed by atoms with van der Waals surface area (Å²) in [4.78, 5) is 23.8. The number of hydrogen-bond donors (Lipinski definition) is 1. The third-order valence-corrected chi connectivity index (χ3v) is 4.66. The van der Waals surface area contributed by atoms with Gasteiger partial charge in [0.25, 0.3) is 10.1 Å². The van der Waals surface area contributed by atoms with E-state index in [-0.39, 0.29) is 32.7 Å². The fraction of sp³-hybridized carbons (Fsp3) is 0.250. The van der Waals surface area contributed by atoms with E-state index in [0.717, 1.165) is 6.07 Å². The maximum atomic E-state index is 12.2. The van der Waals surface area contributed by atoms with E-state index in [1.807, 2.05) is 13.8 Å². The normalized spacial score (nSPS) is 14.4. The van der Waals surface area contributed by atoms with Crippen LogP contribution in [-0.4, -0.2) is 24.9 Å². The van der Waals surface area contributed by atoms with Gasteiger partial charge in [-0.15, -0.1) is 0 Å². The van der Waals surface area contributed by atoms with Crippen LogP contribution in [0.3, 0.4) is 0 Å². The molecule has 2 aromatic carbocycles. The molecule has 0 fully saturated rings. The SMILES string of the molecule is CC(C)Cc1ccc2c(S(=O)(=O)O)ccc3c2c1C(=O)OC3=O. The number of esters is 2. The second-order valence-corrected chi connectivity index (χ2v) is 7.27. The summed E-state index contributed by atoms with van der Waals surface area (Å²) in [5.41, 5.74) is 0.989. The first kappa shape index (κ1) is 15.6. The van der Waals surface area contributed by atoms with Gasteiger partial charge in [-0.1, -0.05) is 26.0 Å². The molecule has 6 nitrogen and oxygen atoms in total. The van der Waals surface area contributed by atoms with E-state index >= 15 is 0 Å². The molecule has 23 heavy (non-hydrogen) atoms. The topological polar surface area (TPSA) is 97.7 Å². The lowest BCUT2D eigenvalue weighted by Crippen LogP contribution is -2.22. The first-order chi connectivity index (χ1) is 10.7. The van der Waals surface area contributed by atoms with E-state index in [1.165, 1.54) is 12.1 Å². The molecule has 120 valence electrons. The van der Waals surface area contributed by atoms with Crippen LogP contribution in [0.5, 0.6) is 0 Å². The van der Waals surface area contributed by atoms with Crippen molar-refractivity contribution in [3.8, 4) is 0 Å². The number of ether oxygens (including phenoxy) is 1. The zero-order valence-corrected chi connectivity index (χ0v) is 13.3. The molecular weight excluding hydrogens is 320 g/mol. The van der Waals surface area contributed by atoms with Crippen molar-refractivity contribution in [2.75, 3.05) is 0 Å². The van der Waals surface area contributed by atoms with E-state index in [0.29, 0.717) is 12.0 Å². The fourth-order valence-electron chi connectivity index (χ4n) is 2.89. The Balaban J connectivity index is 2.47. The monoisotopic (exact) mass is 334 g/mol. The molecule has 0 spiro atoms. The molecule has 0 amide bonds. The van der Waals surface area contributed by atoms with Crippen molar-refractivity contribution in [2.24, 2.45) is 5.92 Å². The van der Waals surface area contributed by atoms with Gasteiger partial charge in [0, 0.05) is 10.8 Å². The Morgan fingerprint density at radius 1 is 1.09 bits per heavy atom. The number of benzene rings is 2. The maximum Gasteiger partial charge on any atom is 0.346 e. The van der Waals surface area contributed by atoms with Crippen LogP contribution in [0, 0.1) is 5.92 Å². The van der Waals surface area contributed by atoms with E-state index in [4.69, 9.17) is 4.74 Å². The van der Waals surface area contributed by atoms with Crippen molar-refractivity contribution in [3.05, 3.63) is 41.0 Å². The zero-order chi connectivity index (χ0) is 16.9. The van der Waals surface area contributed by atoms with E-state index in [9.17, 15) is 22.6 Å². The second kappa shape index (κ2) is 5.14. The molecule has 0 aromatic heterocycles.